The van der Waals surface area contributed by atoms with Crippen molar-refractivity contribution in [3.05, 3.63) is 0 Å². The summed E-state index contributed by atoms with van der Waals surface area (Å²) in [6.07, 6.45) is 0.959. The number of urea groups is 1. The third-order valence-corrected chi connectivity index (χ3v) is 3.64. The molecule has 0 heterocycles. The minimum atomic E-state index is -3.15. The zero-order chi connectivity index (χ0) is 16.1. The number of rotatable bonds is 6. The zero-order valence-corrected chi connectivity index (χ0v) is 13.5. The van der Waals surface area contributed by atoms with Gasteiger partial charge in [0.1, 0.15) is 9.84 Å². The van der Waals surface area contributed by atoms with Gasteiger partial charge in [-0.1, -0.05) is 0 Å². The van der Waals surface area contributed by atoms with Crippen LogP contribution < -0.4 is 0 Å². The van der Waals surface area contributed by atoms with Gasteiger partial charge in [0.2, 0.25) is 0 Å². The molecule has 0 saturated carbocycles. The lowest BCUT2D eigenvalue weighted by Gasteiger charge is -2.38. The average molecular weight is 308 g/mol. The second-order valence-electron chi connectivity index (χ2n) is 5.80. The van der Waals surface area contributed by atoms with Crippen molar-refractivity contribution in [2.75, 3.05) is 32.1 Å². The Hall–Kier alpha value is -1.31. The van der Waals surface area contributed by atoms with E-state index < -0.39 is 21.3 Å². The summed E-state index contributed by atoms with van der Waals surface area (Å²) in [7, 11) is -1.64. The van der Waals surface area contributed by atoms with Gasteiger partial charge in [-0.2, -0.15) is 0 Å². The second-order valence-corrected chi connectivity index (χ2v) is 8.06. The first kappa shape index (κ1) is 18.7. The maximum absolute atomic E-state index is 12.3. The van der Waals surface area contributed by atoms with Crippen molar-refractivity contribution in [2.45, 2.75) is 32.7 Å². The highest BCUT2D eigenvalue weighted by Crippen LogP contribution is 2.16. The Morgan fingerprint density at radius 2 is 1.65 bits per heavy atom. The number of carboxylic acids is 1. The van der Waals surface area contributed by atoms with Gasteiger partial charge in [-0.15, -0.1) is 0 Å². The van der Waals surface area contributed by atoms with E-state index in [1.165, 1.54) is 16.8 Å². The molecule has 8 heteroatoms. The minimum Gasteiger partial charge on any atom is -0.481 e. The molecule has 7 nitrogen and oxygen atoms in total. The first-order chi connectivity index (χ1) is 8.84. The number of amides is 2. The van der Waals surface area contributed by atoms with E-state index in [1.54, 1.807) is 20.8 Å². The van der Waals surface area contributed by atoms with Gasteiger partial charge < -0.3 is 14.9 Å². The first-order valence-electron chi connectivity index (χ1n) is 6.27. The van der Waals surface area contributed by atoms with Gasteiger partial charge in [-0.3, -0.25) is 4.79 Å². The van der Waals surface area contributed by atoms with Gasteiger partial charge in [0.15, 0.2) is 0 Å². The van der Waals surface area contributed by atoms with Crippen LogP contribution in [0.15, 0.2) is 0 Å². The quantitative estimate of drug-likeness (QED) is 0.777. The summed E-state index contributed by atoms with van der Waals surface area (Å²) in [4.78, 5) is 25.7. The van der Waals surface area contributed by atoms with Crippen LogP contribution in [0.2, 0.25) is 0 Å². The lowest BCUT2D eigenvalue weighted by atomic mass is 10.1. The highest BCUT2D eigenvalue weighted by molar-refractivity contribution is 7.90. The fourth-order valence-corrected chi connectivity index (χ4v) is 2.14. The highest BCUT2D eigenvalue weighted by Gasteiger charge is 2.29. The van der Waals surface area contributed by atoms with Crippen LogP contribution in [-0.2, 0) is 14.6 Å². The maximum Gasteiger partial charge on any atom is 0.320 e. The lowest BCUT2D eigenvalue weighted by molar-refractivity contribution is -0.137. The van der Waals surface area contributed by atoms with Crippen LogP contribution >= 0.6 is 0 Å². The van der Waals surface area contributed by atoms with E-state index in [0.29, 0.717) is 0 Å². The summed E-state index contributed by atoms with van der Waals surface area (Å²) in [6.45, 7) is 5.57. The maximum atomic E-state index is 12.3. The number of hydrogen-bond acceptors (Lipinski definition) is 4. The minimum absolute atomic E-state index is 0.0807. The van der Waals surface area contributed by atoms with Gasteiger partial charge in [-0.05, 0) is 20.8 Å². The van der Waals surface area contributed by atoms with Gasteiger partial charge in [-0.25, -0.2) is 13.2 Å². The van der Waals surface area contributed by atoms with E-state index in [-0.39, 0.29) is 31.3 Å². The molecular formula is C12H24N2O5S. The van der Waals surface area contributed by atoms with E-state index in [0.717, 1.165) is 6.26 Å². The van der Waals surface area contributed by atoms with Gasteiger partial charge in [0.05, 0.1) is 12.2 Å². The molecule has 0 atom stereocenters. The summed E-state index contributed by atoms with van der Waals surface area (Å²) in [5.41, 5.74) is -0.536. The smallest absolute Gasteiger partial charge is 0.320 e. The number of hydrogen-bond donors (Lipinski definition) is 1. The van der Waals surface area contributed by atoms with Crippen LogP contribution in [0.3, 0.4) is 0 Å². The number of carboxylic acid groups (broad SMARTS) is 1. The fraction of sp³-hybridized carbons (Fsp3) is 0.833. The third kappa shape index (κ3) is 7.32. The van der Waals surface area contributed by atoms with E-state index in [2.05, 4.69) is 0 Å². The molecule has 0 saturated heterocycles. The molecule has 0 aliphatic rings. The summed E-state index contributed by atoms with van der Waals surface area (Å²) >= 11 is 0. The Kier molecular flexibility index (Phi) is 6.46. The van der Waals surface area contributed by atoms with Crippen molar-refractivity contribution >= 4 is 21.8 Å². The molecule has 0 rings (SSSR count). The van der Waals surface area contributed by atoms with E-state index in [4.69, 9.17) is 5.11 Å². The normalized spacial score (nSPS) is 12.1. The number of carbonyl (C=O) groups is 2. The zero-order valence-electron chi connectivity index (χ0n) is 12.7. The number of sulfone groups is 1. The molecule has 1 N–H and O–H groups in total. The van der Waals surface area contributed by atoms with Crippen LogP contribution in [0.25, 0.3) is 0 Å². The summed E-state index contributed by atoms with van der Waals surface area (Å²) in [6, 6.07) is -0.373. The number of carbonyl (C=O) groups excluding carboxylic acids is 1. The largest absolute Gasteiger partial charge is 0.481 e. The molecule has 0 radical (unpaired) electrons. The van der Waals surface area contributed by atoms with E-state index >= 15 is 0 Å². The fourth-order valence-electron chi connectivity index (χ4n) is 1.53. The third-order valence-electron chi connectivity index (χ3n) is 2.71. The Labute approximate surface area is 120 Å². The van der Waals surface area contributed by atoms with E-state index in [9.17, 15) is 18.0 Å². The number of nitrogens with zero attached hydrogens (tertiary/aromatic N) is 2. The van der Waals surface area contributed by atoms with Crippen LogP contribution in [0.1, 0.15) is 27.2 Å². The van der Waals surface area contributed by atoms with Crippen LogP contribution in [-0.4, -0.2) is 73.0 Å². The van der Waals surface area contributed by atoms with Gasteiger partial charge >= 0.3 is 12.0 Å². The Bertz CT molecular complexity index is 453. The van der Waals surface area contributed by atoms with Crippen molar-refractivity contribution in [3.8, 4) is 0 Å². The van der Waals surface area contributed by atoms with Crippen LogP contribution in [0.5, 0.6) is 0 Å². The standard InChI is InChI=1S/C12H24N2O5S/c1-12(2,3)14(7-6-10(15)16)11(17)13(4)8-9-20(5,18)19/h6-9H2,1-5H3,(H,15,16). The Morgan fingerprint density at radius 1 is 1.15 bits per heavy atom. The van der Waals surface area contributed by atoms with Gasteiger partial charge in [0.25, 0.3) is 0 Å². The summed E-state index contributed by atoms with van der Waals surface area (Å²) in [5, 5.41) is 8.73. The monoisotopic (exact) mass is 308 g/mol. The molecule has 0 bridgehead atoms. The second kappa shape index (κ2) is 6.92. The Morgan fingerprint density at radius 3 is 2.00 bits per heavy atom. The summed E-state index contributed by atoms with van der Waals surface area (Å²) in [5.74, 6) is -1.10. The molecular weight excluding hydrogens is 284 g/mol. The van der Waals surface area contributed by atoms with Crippen LogP contribution in [0, 0.1) is 0 Å². The number of aliphatic carboxylic acids is 1. The molecule has 118 valence electrons. The predicted octanol–water partition coefficient (Wildman–Crippen LogP) is 0.658. The van der Waals surface area contributed by atoms with Gasteiger partial charge in [0, 0.05) is 31.9 Å². The Balaban J connectivity index is 4.81. The van der Waals surface area contributed by atoms with Crippen molar-refractivity contribution in [3.63, 3.8) is 0 Å². The highest BCUT2D eigenvalue weighted by atomic mass is 32.2. The molecule has 0 aromatic heterocycles. The molecule has 0 fully saturated rings. The predicted molar refractivity (Wildman–Crippen MR) is 76.4 cm³/mol. The first-order valence-corrected chi connectivity index (χ1v) is 8.33. The topological polar surface area (TPSA) is 95.0 Å². The molecule has 0 aromatic carbocycles. The van der Waals surface area contributed by atoms with Crippen LogP contribution in [0.4, 0.5) is 4.79 Å². The SMILES string of the molecule is CN(CCS(C)(=O)=O)C(=O)N(CCC(=O)O)C(C)(C)C. The molecule has 0 spiro atoms. The molecule has 0 aromatic rings. The van der Waals surface area contributed by atoms with E-state index in [1.807, 2.05) is 0 Å². The molecule has 0 aliphatic heterocycles. The summed E-state index contributed by atoms with van der Waals surface area (Å²) < 4.78 is 22.2. The van der Waals surface area contributed by atoms with Crippen molar-refractivity contribution < 1.29 is 23.1 Å². The average Bonchev–Trinajstić information content (AvgIpc) is 2.22. The van der Waals surface area contributed by atoms with Crippen molar-refractivity contribution in [1.29, 1.82) is 0 Å². The molecule has 20 heavy (non-hydrogen) atoms. The lowest BCUT2D eigenvalue weighted by Crippen LogP contribution is -2.52. The molecule has 2 amide bonds. The van der Waals surface area contributed by atoms with Crippen molar-refractivity contribution in [1.82, 2.24) is 9.80 Å². The molecule has 0 aliphatic carbocycles. The van der Waals surface area contributed by atoms with Crippen molar-refractivity contribution in [2.24, 2.45) is 0 Å². The molecule has 0 unspecified atom stereocenters.